The summed E-state index contributed by atoms with van der Waals surface area (Å²) in [5, 5.41) is -0.531. The topological polar surface area (TPSA) is 58.1 Å². The Bertz CT molecular complexity index is 588. The van der Waals surface area contributed by atoms with Gasteiger partial charge in [0, 0.05) is 12.1 Å². The zero-order chi connectivity index (χ0) is 14.2. The molecule has 2 rings (SSSR count). The molecule has 1 aliphatic carbocycles. The van der Waals surface area contributed by atoms with Crippen LogP contribution in [0.1, 0.15) is 25.7 Å². The molecule has 0 aromatic carbocycles. The van der Waals surface area contributed by atoms with Crippen LogP contribution in [0.4, 0.5) is 4.39 Å². The van der Waals surface area contributed by atoms with E-state index in [1.54, 1.807) is 0 Å². The highest BCUT2D eigenvalue weighted by Gasteiger charge is 2.37. The summed E-state index contributed by atoms with van der Waals surface area (Å²) in [7, 11) is 3.83. The molecule has 1 fully saturated rings. The highest BCUT2D eigenvalue weighted by Crippen LogP contribution is 2.34. The maximum Gasteiger partial charge on any atom is 0.329 e. The summed E-state index contributed by atoms with van der Waals surface area (Å²) in [6, 6.07) is 0. The predicted molar refractivity (Wildman–Crippen MR) is 71.2 cm³/mol. The van der Waals surface area contributed by atoms with Crippen molar-refractivity contribution in [1.82, 2.24) is 14.5 Å². The molecule has 0 radical (unpaired) electrons. The molecule has 0 saturated heterocycles. The number of aromatic nitrogens is 2. The van der Waals surface area contributed by atoms with Gasteiger partial charge in [-0.2, -0.15) is 4.39 Å². The van der Waals surface area contributed by atoms with E-state index in [1.165, 1.54) is 0 Å². The van der Waals surface area contributed by atoms with Crippen molar-refractivity contribution >= 4 is 11.6 Å². The van der Waals surface area contributed by atoms with Crippen molar-refractivity contribution in [2.24, 2.45) is 0 Å². The zero-order valence-corrected chi connectivity index (χ0v) is 11.8. The smallest absolute Gasteiger partial charge is 0.302 e. The summed E-state index contributed by atoms with van der Waals surface area (Å²) >= 11 is 5.45. The van der Waals surface area contributed by atoms with Gasteiger partial charge in [0.1, 0.15) is 0 Å². The minimum Gasteiger partial charge on any atom is -0.302 e. The molecule has 106 valence electrons. The van der Waals surface area contributed by atoms with Crippen LogP contribution in [0.3, 0.4) is 0 Å². The monoisotopic (exact) mass is 289 g/mol. The van der Waals surface area contributed by atoms with Crippen molar-refractivity contribution in [3.05, 3.63) is 31.8 Å². The molecule has 0 unspecified atom stereocenters. The van der Waals surface area contributed by atoms with Gasteiger partial charge in [-0.3, -0.25) is 14.3 Å². The van der Waals surface area contributed by atoms with E-state index in [9.17, 15) is 14.0 Å². The number of likely N-dealkylation sites (N-methyl/N-ethyl adjacent to an activating group) is 1. The van der Waals surface area contributed by atoms with E-state index in [-0.39, 0.29) is 12.1 Å². The third-order valence-electron chi connectivity index (χ3n) is 4.02. The van der Waals surface area contributed by atoms with Crippen molar-refractivity contribution in [2.45, 2.75) is 37.8 Å². The molecule has 1 heterocycles. The molecule has 19 heavy (non-hydrogen) atoms. The van der Waals surface area contributed by atoms with E-state index >= 15 is 0 Å². The van der Waals surface area contributed by atoms with E-state index in [2.05, 4.69) is 4.98 Å². The Morgan fingerprint density at radius 2 is 1.95 bits per heavy atom. The van der Waals surface area contributed by atoms with Gasteiger partial charge in [0.2, 0.25) is 5.82 Å². The van der Waals surface area contributed by atoms with Crippen LogP contribution in [0.2, 0.25) is 5.15 Å². The lowest BCUT2D eigenvalue weighted by atomic mass is 9.96. The van der Waals surface area contributed by atoms with Crippen molar-refractivity contribution in [2.75, 3.05) is 14.1 Å². The molecule has 0 bridgehead atoms. The quantitative estimate of drug-likeness (QED) is 0.851. The molecule has 1 N–H and O–H groups in total. The Hall–Kier alpha value is -1.14. The summed E-state index contributed by atoms with van der Waals surface area (Å²) in [5.41, 5.74) is -1.89. The summed E-state index contributed by atoms with van der Waals surface area (Å²) in [5.74, 6) is -1.10. The van der Waals surface area contributed by atoms with Crippen LogP contribution in [-0.4, -0.2) is 34.1 Å². The lowest BCUT2D eigenvalue weighted by Gasteiger charge is -2.36. The molecule has 1 aliphatic rings. The van der Waals surface area contributed by atoms with Gasteiger partial charge in [0.25, 0.3) is 5.56 Å². The average Bonchev–Trinajstić information content (AvgIpc) is 2.82. The number of nitrogens with zero attached hydrogens (tertiary/aromatic N) is 2. The molecule has 1 saturated carbocycles. The Morgan fingerprint density at radius 1 is 1.37 bits per heavy atom. The molecule has 0 amide bonds. The lowest BCUT2D eigenvalue weighted by molar-refractivity contribution is 0.130. The van der Waals surface area contributed by atoms with E-state index in [0.29, 0.717) is 0 Å². The number of hydrogen-bond donors (Lipinski definition) is 1. The van der Waals surface area contributed by atoms with E-state index in [0.717, 1.165) is 30.3 Å². The minimum absolute atomic E-state index is 0.183. The highest BCUT2D eigenvalue weighted by molar-refractivity contribution is 6.29. The van der Waals surface area contributed by atoms with Crippen molar-refractivity contribution in [3.8, 4) is 0 Å². The third-order valence-corrected chi connectivity index (χ3v) is 4.28. The maximum absolute atomic E-state index is 13.5. The second-order valence-electron chi connectivity index (χ2n) is 5.28. The van der Waals surface area contributed by atoms with Crippen LogP contribution >= 0.6 is 11.6 Å². The summed E-state index contributed by atoms with van der Waals surface area (Å²) in [6.07, 6.45) is 3.86. The van der Waals surface area contributed by atoms with Gasteiger partial charge < -0.3 is 4.90 Å². The molecular weight excluding hydrogens is 273 g/mol. The summed E-state index contributed by atoms with van der Waals surface area (Å²) < 4.78 is 14.4. The van der Waals surface area contributed by atoms with Gasteiger partial charge in [-0.1, -0.05) is 24.4 Å². The molecule has 1 aromatic heterocycles. The maximum atomic E-state index is 13.5. The Balaban J connectivity index is 2.47. The molecule has 0 spiro atoms. The number of nitrogens with one attached hydrogen (secondary N) is 1. The minimum atomic E-state index is -1.10. The van der Waals surface area contributed by atoms with Gasteiger partial charge in [0.15, 0.2) is 5.15 Å². The van der Waals surface area contributed by atoms with Crippen LogP contribution in [-0.2, 0) is 6.54 Å². The SMILES string of the molecule is CN(C)C1(Cn2c(=O)[nH]c(Cl)c(F)c2=O)CCCC1. The fourth-order valence-corrected chi connectivity index (χ4v) is 2.90. The molecule has 7 heteroatoms. The molecular formula is C12H17ClFN3O2. The second kappa shape index (κ2) is 5.09. The second-order valence-corrected chi connectivity index (χ2v) is 5.65. The fraction of sp³-hybridized carbons (Fsp3) is 0.667. The number of hydrogen-bond acceptors (Lipinski definition) is 3. The fourth-order valence-electron chi connectivity index (χ4n) is 2.74. The zero-order valence-electron chi connectivity index (χ0n) is 11.0. The first-order valence-corrected chi connectivity index (χ1v) is 6.61. The van der Waals surface area contributed by atoms with Gasteiger partial charge in [0.05, 0.1) is 0 Å². The Kier molecular flexibility index (Phi) is 3.82. The van der Waals surface area contributed by atoms with Gasteiger partial charge >= 0.3 is 5.69 Å². The molecule has 5 nitrogen and oxygen atoms in total. The molecule has 0 aliphatic heterocycles. The van der Waals surface area contributed by atoms with Gasteiger partial charge in [-0.25, -0.2) is 4.79 Å². The highest BCUT2D eigenvalue weighted by atomic mass is 35.5. The van der Waals surface area contributed by atoms with E-state index in [4.69, 9.17) is 11.6 Å². The van der Waals surface area contributed by atoms with Crippen LogP contribution in [0.25, 0.3) is 0 Å². The first-order valence-electron chi connectivity index (χ1n) is 6.23. The average molecular weight is 290 g/mol. The van der Waals surface area contributed by atoms with Gasteiger partial charge in [-0.05, 0) is 26.9 Å². The first-order chi connectivity index (χ1) is 8.87. The summed E-state index contributed by atoms with van der Waals surface area (Å²) in [4.78, 5) is 27.8. The van der Waals surface area contributed by atoms with E-state index < -0.39 is 22.2 Å². The predicted octanol–water partition coefficient (Wildman–Crippen LogP) is 1.20. The molecule has 1 aromatic rings. The molecule has 0 atom stereocenters. The van der Waals surface area contributed by atoms with Crippen molar-refractivity contribution in [1.29, 1.82) is 0 Å². The van der Waals surface area contributed by atoms with Crippen molar-refractivity contribution in [3.63, 3.8) is 0 Å². The van der Waals surface area contributed by atoms with Crippen LogP contribution in [0, 0.1) is 5.82 Å². The Labute approximate surface area is 115 Å². The van der Waals surface area contributed by atoms with Crippen LogP contribution < -0.4 is 11.2 Å². The number of rotatable bonds is 3. The summed E-state index contributed by atoms with van der Waals surface area (Å²) in [6.45, 7) is 0.183. The number of H-pyrrole nitrogens is 1. The first kappa shape index (κ1) is 14.3. The number of aromatic amines is 1. The van der Waals surface area contributed by atoms with Crippen molar-refractivity contribution < 1.29 is 4.39 Å². The van der Waals surface area contributed by atoms with Gasteiger partial charge in [-0.15, -0.1) is 0 Å². The third kappa shape index (κ3) is 2.47. The largest absolute Gasteiger partial charge is 0.329 e. The lowest BCUT2D eigenvalue weighted by Crippen LogP contribution is -2.51. The normalized spacial score (nSPS) is 18.2. The van der Waals surface area contributed by atoms with Crippen LogP contribution in [0.5, 0.6) is 0 Å². The number of halogens is 2. The van der Waals surface area contributed by atoms with Crippen LogP contribution in [0.15, 0.2) is 9.59 Å². The van der Waals surface area contributed by atoms with E-state index in [1.807, 2.05) is 19.0 Å². The standard InChI is InChI=1S/C12H17ClFN3O2/c1-16(2)12(5-3-4-6-12)7-17-10(18)8(14)9(13)15-11(17)19/h3-7H2,1-2H3,(H,15,19). The Morgan fingerprint density at radius 3 is 2.47 bits per heavy atom.